The minimum absolute atomic E-state index is 0.645. The molecule has 0 saturated heterocycles. The Morgan fingerprint density at radius 3 is 2.83 bits per heavy atom. The maximum atomic E-state index is 8.96. The van der Waals surface area contributed by atoms with Crippen LogP contribution in [-0.4, -0.2) is 16.6 Å². The summed E-state index contributed by atoms with van der Waals surface area (Å²) >= 11 is 3.42. The summed E-state index contributed by atoms with van der Waals surface area (Å²) in [5.74, 6) is 0.982. The number of imidazole rings is 1. The van der Waals surface area contributed by atoms with Crippen molar-refractivity contribution in [2.75, 3.05) is 11.9 Å². The van der Waals surface area contributed by atoms with Gasteiger partial charge in [-0.15, -0.1) is 0 Å². The van der Waals surface area contributed by atoms with E-state index >= 15 is 0 Å². The van der Waals surface area contributed by atoms with Crippen LogP contribution in [0.4, 0.5) is 5.69 Å². The van der Waals surface area contributed by atoms with E-state index in [1.807, 2.05) is 37.0 Å². The van der Waals surface area contributed by atoms with Crippen molar-refractivity contribution in [3.63, 3.8) is 0 Å². The zero-order valence-corrected chi connectivity index (χ0v) is 11.8. The normalized spacial score (nSPS) is 10.1. The van der Waals surface area contributed by atoms with E-state index in [1.54, 1.807) is 12.3 Å². The molecule has 0 atom stereocenters. The highest BCUT2D eigenvalue weighted by molar-refractivity contribution is 9.10. The van der Waals surface area contributed by atoms with Crippen molar-refractivity contribution in [2.45, 2.75) is 6.54 Å². The fraction of sp³-hybridized carbons (Fsp3) is 0.231. The molecule has 0 bridgehead atoms. The molecule has 1 heterocycles. The topological polar surface area (TPSA) is 44.9 Å². The van der Waals surface area contributed by atoms with E-state index in [-0.39, 0.29) is 0 Å². The molecular weight excluding hydrogens is 292 g/mol. The molecule has 4 nitrogen and oxygen atoms in total. The third kappa shape index (κ3) is 2.71. The van der Waals surface area contributed by atoms with Gasteiger partial charge in [-0.2, -0.15) is 5.26 Å². The molecule has 1 aromatic carbocycles. The number of hydrogen-bond acceptors (Lipinski definition) is 3. The molecule has 2 rings (SSSR count). The number of hydrogen-bond donors (Lipinski definition) is 0. The standard InChI is InChI=1S/C13H13BrN4/c1-17-4-3-16-13(17)9-18(2)12-6-10(8-15)5-11(14)7-12/h3-7H,9H2,1-2H3. The Morgan fingerprint density at radius 2 is 2.22 bits per heavy atom. The van der Waals surface area contributed by atoms with E-state index in [0.717, 1.165) is 16.0 Å². The maximum Gasteiger partial charge on any atom is 0.127 e. The molecule has 0 radical (unpaired) electrons. The highest BCUT2D eigenvalue weighted by Gasteiger charge is 2.07. The van der Waals surface area contributed by atoms with Gasteiger partial charge in [-0.3, -0.25) is 0 Å². The predicted octanol–water partition coefficient (Wildman–Crippen LogP) is 2.69. The lowest BCUT2D eigenvalue weighted by molar-refractivity contribution is 0.761. The molecule has 0 aliphatic carbocycles. The molecule has 0 aliphatic rings. The Bertz CT molecular complexity index is 597. The molecule has 2 aromatic rings. The predicted molar refractivity (Wildman–Crippen MR) is 74.2 cm³/mol. The van der Waals surface area contributed by atoms with Gasteiger partial charge in [-0.1, -0.05) is 15.9 Å². The number of rotatable bonds is 3. The summed E-state index contributed by atoms with van der Waals surface area (Å²) in [5.41, 5.74) is 1.63. The van der Waals surface area contributed by atoms with Crippen LogP contribution in [0, 0.1) is 11.3 Å². The van der Waals surface area contributed by atoms with Crippen molar-refractivity contribution >= 4 is 21.6 Å². The first-order chi connectivity index (χ1) is 8.60. The van der Waals surface area contributed by atoms with Crippen LogP contribution in [0.25, 0.3) is 0 Å². The highest BCUT2D eigenvalue weighted by Crippen LogP contribution is 2.22. The van der Waals surface area contributed by atoms with E-state index in [9.17, 15) is 0 Å². The third-order valence-corrected chi connectivity index (χ3v) is 3.21. The van der Waals surface area contributed by atoms with Gasteiger partial charge in [0.25, 0.3) is 0 Å². The number of nitriles is 1. The monoisotopic (exact) mass is 304 g/mol. The number of anilines is 1. The van der Waals surface area contributed by atoms with Crippen molar-refractivity contribution in [3.05, 3.63) is 46.5 Å². The van der Waals surface area contributed by atoms with Gasteiger partial charge in [0.05, 0.1) is 18.2 Å². The molecule has 0 saturated carbocycles. The maximum absolute atomic E-state index is 8.96. The molecule has 0 fully saturated rings. The second-order valence-electron chi connectivity index (χ2n) is 4.12. The van der Waals surface area contributed by atoms with Crippen molar-refractivity contribution in [2.24, 2.45) is 7.05 Å². The molecule has 0 amide bonds. The van der Waals surface area contributed by atoms with E-state index < -0.39 is 0 Å². The fourth-order valence-electron chi connectivity index (χ4n) is 1.71. The number of nitrogens with zero attached hydrogens (tertiary/aromatic N) is 4. The van der Waals surface area contributed by atoms with Crippen molar-refractivity contribution < 1.29 is 0 Å². The van der Waals surface area contributed by atoms with Crippen LogP contribution in [0.1, 0.15) is 11.4 Å². The number of aryl methyl sites for hydroxylation is 1. The number of benzene rings is 1. The quantitative estimate of drug-likeness (QED) is 0.876. The molecule has 92 valence electrons. The van der Waals surface area contributed by atoms with Crippen LogP contribution in [0.3, 0.4) is 0 Å². The average Bonchev–Trinajstić information content (AvgIpc) is 2.74. The van der Waals surface area contributed by atoms with Gasteiger partial charge in [-0.25, -0.2) is 4.98 Å². The third-order valence-electron chi connectivity index (χ3n) is 2.75. The van der Waals surface area contributed by atoms with Crippen molar-refractivity contribution in [3.8, 4) is 6.07 Å². The fourth-order valence-corrected chi connectivity index (χ4v) is 2.19. The Morgan fingerprint density at radius 1 is 1.44 bits per heavy atom. The average molecular weight is 305 g/mol. The van der Waals surface area contributed by atoms with Gasteiger partial charge in [0.1, 0.15) is 5.82 Å². The molecular formula is C13H13BrN4. The molecule has 0 spiro atoms. The van der Waals surface area contributed by atoms with Gasteiger partial charge in [0.15, 0.2) is 0 Å². The summed E-state index contributed by atoms with van der Waals surface area (Å²) in [6, 6.07) is 7.82. The van der Waals surface area contributed by atoms with E-state index in [4.69, 9.17) is 5.26 Å². The molecule has 5 heteroatoms. The minimum Gasteiger partial charge on any atom is -0.367 e. The Kier molecular flexibility index (Phi) is 3.68. The van der Waals surface area contributed by atoms with Crippen LogP contribution < -0.4 is 4.90 Å². The Labute approximate surface area is 115 Å². The highest BCUT2D eigenvalue weighted by atomic mass is 79.9. The summed E-state index contributed by atoms with van der Waals surface area (Å²) in [5, 5.41) is 8.96. The van der Waals surface area contributed by atoms with E-state index in [1.165, 1.54) is 0 Å². The van der Waals surface area contributed by atoms with Crippen LogP contribution in [0.5, 0.6) is 0 Å². The summed E-state index contributed by atoms with van der Waals surface area (Å²) in [4.78, 5) is 6.35. The molecule has 18 heavy (non-hydrogen) atoms. The summed E-state index contributed by atoms with van der Waals surface area (Å²) < 4.78 is 2.89. The van der Waals surface area contributed by atoms with E-state index in [2.05, 4.69) is 31.9 Å². The molecule has 0 N–H and O–H groups in total. The van der Waals surface area contributed by atoms with Crippen LogP contribution in [0.15, 0.2) is 35.1 Å². The summed E-state index contributed by atoms with van der Waals surface area (Å²) in [6.45, 7) is 0.699. The first-order valence-corrected chi connectivity index (χ1v) is 6.27. The lowest BCUT2D eigenvalue weighted by Crippen LogP contribution is -2.19. The first-order valence-electron chi connectivity index (χ1n) is 5.48. The molecule has 0 unspecified atom stereocenters. The Hall–Kier alpha value is -1.80. The van der Waals surface area contributed by atoms with Gasteiger partial charge in [-0.05, 0) is 18.2 Å². The van der Waals surface area contributed by atoms with Crippen molar-refractivity contribution in [1.29, 1.82) is 5.26 Å². The Balaban J connectivity index is 2.24. The lowest BCUT2D eigenvalue weighted by atomic mass is 10.2. The smallest absolute Gasteiger partial charge is 0.127 e. The van der Waals surface area contributed by atoms with Gasteiger partial charge in [0.2, 0.25) is 0 Å². The summed E-state index contributed by atoms with van der Waals surface area (Å²) in [7, 11) is 3.95. The van der Waals surface area contributed by atoms with Crippen LogP contribution >= 0.6 is 15.9 Å². The van der Waals surface area contributed by atoms with E-state index in [0.29, 0.717) is 12.1 Å². The summed E-state index contributed by atoms with van der Waals surface area (Å²) in [6.07, 6.45) is 3.70. The number of aromatic nitrogens is 2. The second-order valence-corrected chi connectivity index (χ2v) is 5.04. The largest absolute Gasteiger partial charge is 0.367 e. The van der Waals surface area contributed by atoms with Gasteiger partial charge < -0.3 is 9.47 Å². The lowest BCUT2D eigenvalue weighted by Gasteiger charge is -2.19. The second kappa shape index (κ2) is 5.23. The number of halogens is 1. The van der Waals surface area contributed by atoms with Crippen LogP contribution in [0.2, 0.25) is 0 Å². The SMILES string of the molecule is CN(Cc1nccn1C)c1cc(Br)cc(C#N)c1. The van der Waals surface area contributed by atoms with Gasteiger partial charge in [0, 0.05) is 36.6 Å². The minimum atomic E-state index is 0.645. The molecule has 0 aliphatic heterocycles. The zero-order chi connectivity index (χ0) is 13.1. The van der Waals surface area contributed by atoms with Crippen molar-refractivity contribution in [1.82, 2.24) is 9.55 Å². The molecule has 1 aromatic heterocycles. The zero-order valence-electron chi connectivity index (χ0n) is 10.3. The van der Waals surface area contributed by atoms with Crippen LogP contribution in [-0.2, 0) is 13.6 Å². The van der Waals surface area contributed by atoms with Gasteiger partial charge >= 0.3 is 0 Å². The first kappa shape index (κ1) is 12.7.